The van der Waals surface area contributed by atoms with Gasteiger partial charge < -0.3 is 4.84 Å². The van der Waals surface area contributed by atoms with Crippen LogP contribution in [0.2, 0.25) is 0 Å². The van der Waals surface area contributed by atoms with Gasteiger partial charge in [-0.3, -0.25) is 0 Å². The molecule has 0 aromatic carbocycles. The van der Waals surface area contributed by atoms with Crippen LogP contribution >= 0.6 is 0 Å². The highest BCUT2D eigenvalue weighted by atomic mass is 28.2. The van der Waals surface area contributed by atoms with Gasteiger partial charge in [0.05, 0.1) is 7.11 Å². The highest BCUT2D eigenvalue weighted by Crippen LogP contribution is 1.60. The molecule has 0 aromatic heterocycles. The first-order valence-electron chi connectivity index (χ1n) is 1.04. The lowest BCUT2D eigenvalue weighted by atomic mass is 11.7. The second kappa shape index (κ2) is 2.58. The molecule has 4 heteroatoms. The molecule has 6 radical (unpaired) electrons. The normalized spacial score (nSPS) is 9.60. The molecule has 0 fully saturated rings. The van der Waals surface area contributed by atoms with E-state index in [9.17, 15) is 0 Å². The highest BCUT2D eigenvalue weighted by Gasteiger charge is 1.73. The lowest BCUT2D eigenvalue weighted by Gasteiger charge is -2.00. The molecule has 0 bridgehead atoms. The topological polar surface area (TPSA) is 12.5 Å². The summed E-state index contributed by atoms with van der Waals surface area (Å²) >= 11 is 0. The zero-order valence-corrected chi connectivity index (χ0v) is 4.86. The Balaban J connectivity index is 2.54. The molecule has 0 rings (SSSR count). The van der Waals surface area contributed by atoms with Crippen LogP contribution in [0, 0.1) is 0 Å². The summed E-state index contributed by atoms with van der Waals surface area (Å²) in [5.41, 5.74) is 0. The Bertz CT molecular complexity index is 23.6. The summed E-state index contributed by atoms with van der Waals surface area (Å²) in [7, 11) is 7.41. The maximum Gasteiger partial charge on any atom is 0.170 e. The zero-order chi connectivity index (χ0) is 4.28. The van der Waals surface area contributed by atoms with Crippen LogP contribution in [0.3, 0.4) is 0 Å². The molecular formula is CH3NOSi2. The van der Waals surface area contributed by atoms with Gasteiger partial charge in [0.25, 0.3) is 0 Å². The molecule has 26 valence electrons. The molecule has 0 aliphatic rings. The van der Waals surface area contributed by atoms with E-state index >= 15 is 0 Å². The number of hydrogen-bond donors (Lipinski definition) is 0. The largest absolute Gasteiger partial charge is 0.318 e. The predicted octanol–water partition coefficient (Wildman–Crippen LogP) is -0.983. The summed E-state index contributed by atoms with van der Waals surface area (Å²) in [6.45, 7) is 0. The first-order valence-corrected chi connectivity index (χ1v) is 1.93. The third-order valence-electron chi connectivity index (χ3n) is 0.183. The van der Waals surface area contributed by atoms with Crippen molar-refractivity contribution in [3.63, 3.8) is 0 Å². The van der Waals surface area contributed by atoms with Crippen LogP contribution in [0.5, 0.6) is 0 Å². The Morgan fingerprint density at radius 1 is 1.60 bits per heavy atom. The molecule has 2 nitrogen and oxygen atoms in total. The van der Waals surface area contributed by atoms with E-state index in [4.69, 9.17) is 0 Å². The second-order valence-electron chi connectivity index (χ2n) is 0.477. The summed E-state index contributed by atoms with van der Waals surface area (Å²) in [6.07, 6.45) is 0. The minimum absolute atomic E-state index is 1.24. The fourth-order valence-electron chi connectivity index (χ4n) is 0. The van der Waals surface area contributed by atoms with E-state index in [1.165, 1.54) is 11.5 Å². The van der Waals surface area contributed by atoms with Crippen molar-refractivity contribution >= 4 is 20.8 Å². The lowest BCUT2D eigenvalue weighted by Crippen LogP contribution is -2.12. The van der Waals surface area contributed by atoms with Crippen LogP contribution in [0.1, 0.15) is 0 Å². The quantitative estimate of drug-likeness (QED) is 0.311. The van der Waals surface area contributed by atoms with Gasteiger partial charge in [-0.25, -0.2) is 4.39 Å². The predicted molar refractivity (Wildman–Crippen MR) is 20.4 cm³/mol. The fraction of sp³-hybridized carbons (Fsp3) is 1.00. The van der Waals surface area contributed by atoms with Crippen molar-refractivity contribution in [3.8, 4) is 0 Å². The van der Waals surface area contributed by atoms with E-state index in [0.29, 0.717) is 0 Å². The van der Waals surface area contributed by atoms with Gasteiger partial charge in [0.1, 0.15) is 0 Å². The Morgan fingerprint density at radius 3 is 1.80 bits per heavy atom. The van der Waals surface area contributed by atoms with Gasteiger partial charge in [0.2, 0.25) is 0 Å². The van der Waals surface area contributed by atoms with E-state index < -0.39 is 0 Å². The molecule has 0 saturated carbocycles. The first-order chi connectivity index (χ1) is 2.27. The van der Waals surface area contributed by atoms with Gasteiger partial charge in [-0.05, 0) is 0 Å². The zero-order valence-electron chi connectivity index (χ0n) is 2.86. The standard InChI is InChI=1S/CH3NOSi2/c1-3-2(4)5/h1H3. The molecular weight excluding hydrogens is 98.2 g/mol. The van der Waals surface area contributed by atoms with Gasteiger partial charge in [0.15, 0.2) is 20.8 Å². The van der Waals surface area contributed by atoms with Gasteiger partial charge >= 0.3 is 0 Å². The Labute approximate surface area is 38.1 Å². The van der Waals surface area contributed by atoms with Crippen LogP contribution in [0.4, 0.5) is 0 Å². The molecule has 5 heavy (non-hydrogen) atoms. The SMILES string of the molecule is CON([Si])[Si]. The summed E-state index contributed by atoms with van der Waals surface area (Å²) in [4.78, 5) is 4.41. The molecule has 0 unspecified atom stereocenters. The van der Waals surface area contributed by atoms with Crippen molar-refractivity contribution in [1.82, 2.24) is 4.39 Å². The minimum atomic E-state index is 1.24. The summed E-state index contributed by atoms with van der Waals surface area (Å²) < 4.78 is 1.24. The Kier molecular flexibility index (Phi) is 2.77. The third kappa shape index (κ3) is 4.35. The average Bonchev–Trinajstić information content (AvgIpc) is 1.38. The second-order valence-corrected chi connectivity index (χ2v) is 1.74. The van der Waals surface area contributed by atoms with Crippen LogP contribution in [0.25, 0.3) is 0 Å². The first kappa shape index (κ1) is 5.35. The molecule has 0 aliphatic carbocycles. The fourth-order valence-corrected chi connectivity index (χ4v) is 0. The van der Waals surface area contributed by atoms with Gasteiger partial charge in [-0.1, -0.05) is 0 Å². The Hall–Kier alpha value is 0.354. The number of rotatable bonds is 1. The molecule has 0 atom stereocenters. The molecule has 0 heterocycles. The minimum Gasteiger partial charge on any atom is -0.318 e. The van der Waals surface area contributed by atoms with Crippen molar-refractivity contribution < 1.29 is 4.84 Å². The maximum absolute atomic E-state index is 4.41. The summed E-state index contributed by atoms with van der Waals surface area (Å²) in [6, 6.07) is 0. The van der Waals surface area contributed by atoms with E-state index in [1.807, 2.05) is 0 Å². The van der Waals surface area contributed by atoms with Crippen LogP contribution in [0.15, 0.2) is 0 Å². The molecule has 0 aromatic rings. The molecule has 0 aliphatic heterocycles. The molecule has 0 N–H and O–H groups in total. The van der Waals surface area contributed by atoms with E-state index in [2.05, 4.69) is 25.6 Å². The Morgan fingerprint density at radius 2 is 1.80 bits per heavy atom. The molecule has 0 amide bonds. The van der Waals surface area contributed by atoms with Crippen molar-refractivity contribution in [2.24, 2.45) is 0 Å². The van der Waals surface area contributed by atoms with Crippen molar-refractivity contribution in [1.29, 1.82) is 0 Å². The summed E-state index contributed by atoms with van der Waals surface area (Å²) in [5.74, 6) is 0. The summed E-state index contributed by atoms with van der Waals surface area (Å²) in [5, 5.41) is 0. The van der Waals surface area contributed by atoms with E-state index in [-0.39, 0.29) is 0 Å². The van der Waals surface area contributed by atoms with E-state index in [1.54, 1.807) is 0 Å². The van der Waals surface area contributed by atoms with Crippen LogP contribution in [-0.2, 0) is 4.84 Å². The molecule has 0 spiro atoms. The average molecular weight is 101 g/mol. The molecule has 0 saturated heterocycles. The highest BCUT2D eigenvalue weighted by molar-refractivity contribution is 6.23. The van der Waals surface area contributed by atoms with Crippen LogP contribution in [-0.4, -0.2) is 32.3 Å². The van der Waals surface area contributed by atoms with Crippen molar-refractivity contribution in [2.45, 2.75) is 0 Å². The van der Waals surface area contributed by atoms with Gasteiger partial charge in [-0.15, -0.1) is 0 Å². The number of nitrogens with zero attached hydrogens (tertiary/aromatic N) is 1. The monoisotopic (exact) mass is 101 g/mol. The maximum atomic E-state index is 4.41. The third-order valence-corrected chi connectivity index (χ3v) is 0.548. The lowest BCUT2D eigenvalue weighted by molar-refractivity contribution is 0.0321. The van der Waals surface area contributed by atoms with Crippen molar-refractivity contribution in [2.75, 3.05) is 7.11 Å². The van der Waals surface area contributed by atoms with E-state index in [0.717, 1.165) is 0 Å². The van der Waals surface area contributed by atoms with Gasteiger partial charge in [0, 0.05) is 0 Å². The van der Waals surface area contributed by atoms with Gasteiger partial charge in [-0.2, -0.15) is 0 Å². The van der Waals surface area contributed by atoms with Crippen molar-refractivity contribution in [3.05, 3.63) is 0 Å². The van der Waals surface area contributed by atoms with Crippen LogP contribution < -0.4 is 0 Å². The smallest absolute Gasteiger partial charge is 0.170 e. The number of hydrogen-bond acceptors (Lipinski definition) is 2.